The maximum absolute atomic E-state index is 13.7. The maximum Gasteiger partial charge on any atom is 0.306 e. The Morgan fingerprint density at radius 3 is 2.17 bits per heavy atom. The second-order valence-corrected chi connectivity index (χ2v) is 13.2. The van der Waals surface area contributed by atoms with E-state index in [1.165, 1.54) is 0 Å². The third kappa shape index (κ3) is 6.06. The molecule has 7 heteroatoms. The summed E-state index contributed by atoms with van der Waals surface area (Å²) in [6.07, 6.45) is 3.05. The van der Waals surface area contributed by atoms with Gasteiger partial charge in [-0.15, -0.1) is 0 Å². The van der Waals surface area contributed by atoms with Gasteiger partial charge in [0.25, 0.3) is 5.91 Å². The lowest BCUT2D eigenvalue weighted by molar-refractivity contribution is -0.146. The molecule has 3 fully saturated rings. The molecule has 2 amide bonds. The number of carboxylic acids is 1. The fourth-order valence-electron chi connectivity index (χ4n) is 7.70. The molecule has 2 N–H and O–H groups in total. The van der Waals surface area contributed by atoms with Crippen LogP contribution in [0.5, 0.6) is 0 Å². The number of carbonyl (C=O) groups excluding carboxylic acids is 2. The Hall–Kier alpha value is -3.19. The van der Waals surface area contributed by atoms with E-state index in [1.807, 2.05) is 69.0 Å². The summed E-state index contributed by atoms with van der Waals surface area (Å²) in [5, 5.41) is 13.1. The van der Waals surface area contributed by atoms with Gasteiger partial charge in [0.05, 0.1) is 12.0 Å². The summed E-state index contributed by atoms with van der Waals surface area (Å²) < 4.78 is 0. The van der Waals surface area contributed by atoms with E-state index in [0.29, 0.717) is 18.3 Å². The number of hydrogen-bond acceptors (Lipinski definition) is 4. The van der Waals surface area contributed by atoms with Crippen molar-refractivity contribution in [3.63, 3.8) is 0 Å². The van der Waals surface area contributed by atoms with Gasteiger partial charge >= 0.3 is 5.97 Å². The predicted octanol–water partition coefficient (Wildman–Crippen LogP) is 5.08. The predicted molar refractivity (Wildman–Crippen MR) is 159 cm³/mol. The normalized spacial score (nSPS) is 25.2. The van der Waals surface area contributed by atoms with Gasteiger partial charge in [-0.25, -0.2) is 0 Å². The van der Waals surface area contributed by atoms with Gasteiger partial charge in [0.1, 0.15) is 0 Å². The van der Waals surface area contributed by atoms with Gasteiger partial charge in [-0.05, 0) is 67.6 Å². The number of carbonyl (C=O) groups is 3. The fourth-order valence-corrected chi connectivity index (χ4v) is 7.70. The van der Waals surface area contributed by atoms with Gasteiger partial charge < -0.3 is 20.2 Å². The lowest BCUT2D eigenvalue weighted by Gasteiger charge is -2.35. The van der Waals surface area contributed by atoms with Crippen molar-refractivity contribution in [2.45, 2.75) is 59.4 Å². The SMILES string of the molecule is Cc1cccc(C)c1C(=O)N1C[C@H]2CN(CCC(NC(=O)C(C)(C)C3CCCC3C(=O)O)c3ccccc3)C[C@H]2C1. The molecular formula is C34H45N3O4. The molecule has 2 aromatic rings. The van der Waals surface area contributed by atoms with Gasteiger partial charge in [-0.3, -0.25) is 14.4 Å². The van der Waals surface area contributed by atoms with Crippen LogP contribution in [0.25, 0.3) is 0 Å². The summed E-state index contributed by atoms with van der Waals surface area (Å²) in [7, 11) is 0. The fraction of sp³-hybridized carbons (Fsp3) is 0.559. The number of hydrogen-bond donors (Lipinski definition) is 2. The number of aryl methyl sites for hydroxylation is 2. The van der Waals surface area contributed by atoms with E-state index in [0.717, 1.165) is 74.2 Å². The minimum Gasteiger partial charge on any atom is -0.481 e. The van der Waals surface area contributed by atoms with Gasteiger partial charge in [0.15, 0.2) is 0 Å². The molecule has 41 heavy (non-hydrogen) atoms. The van der Waals surface area contributed by atoms with Crippen molar-refractivity contribution in [3.05, 3.63) is 70.8 Å². The number of benzene rings is 2. The Kier molecular flexibility index (Phi) is 8.55. The first kappa shape index (κ1) is 29.3. The highest BCUT2D eigenvalue weighted by molar-refractivity contribution is 5.97. The van der Waals surface area contributed by atoms with Crippen molar-refractivity contribution in [1.29, 1.82) is 0 Å². The topological polar surface area (TPSA) is 90.0 Å². The van der Waals surface area contributed by atoms with Crippen LogP contribution >= 0.6 is 0 Å². The molecule has 2 heterocycles. The van der Waals surface area contributed by atoms with Crippen molar-refractivity contribution in [3.8, 4) is 0 Å². The molecule has 0 aromatic heterocycles. The average Bonchev–Trinajstić information content (AvgIpc) is 3.67. The third-order valence-corrected chi connectivity index (χ3v) is 10.1. The Morgan fingerprint density at radius 2 is 1.56 bits per heavy atom. The maximum atomic E-state index is 13.7. The van der Waals surface area contributed by atoms with Crippen LogP contribution in [-0.2, 0) is 9.59 Å². The van der Waals surface area contributed by atoms with Crippen LogP contribution in [0, 0.1) is 42.9 Å². The summed E-state index contributed by atoms with van der Waals surface area (Å²) in [6.45, 7) is 12.2. The second kappa shape index (κ2) is 12.0. The van der Waals surface area contributed by atoms with Crippen molar-refractivity contribution >= 4 is 17.8 Å². The molecular weight excluding hydrogens is 514 g/mol. The Balaban J connectivity index is 1.20. The highest BCUT2D eigenvalue weighted by Crippen LogP contribution is 2.44. The molecule has 220 valence electrons. The summed E-state index contributed by atoms with van der Waals surface area (Å²) in [4.78, 5) is 43.4. The van der Waals surface area contributed by atoms with E-state index >= 15 is 0 Å². The molecule has 2 aliphatic heterocycles. The molecule has 0 bridgehead atoms. The number of amides is 2. The summed E-state index contributed by atoms with van der Waals surface area (Å²) in [5.41, 5.74) is 3.24. The monoisotopic (exact) mass is 559 g/mol. The molecule has 3 aliphatic rings. The second-order valence-electron chi connectivity index (χ2n) is 13.2. The van der Waals surface area contributed by atoms with Crippen LogP contribution in [0.1, 0.15) is 72.6 Å². The third-order valence-electron chi connectivity index (χ3n) is 10.1. The zero-order chi connectivity index (χ0) is 29.3. The van der Waals surface area contributed by atoms with Crippen molar-refractivity contribution in [2.24, 2.45) is 29.1 Å². The molecule has 5 atom stereocenters. The standard InChI is InChI=1S/C34H45N3O4/c1-22-10-8-11-23(2)30(22)31(38)37-20-25-18-36(19-26(25)21-37)17-16-29(24-12-6-5-7-13-24)35-33(41)34(3,4)28-15-9-14-27(28)32(39)40/h5-8,10-13,25-29H,9,14-21H2,1-4H3,(H,35,41)(H,39,40)/t25-,26+,27?,28?,29?. The number of aliphatic carboxylic acids is 1. The summed E-state index contributed by atoms with van der Waals surface area (Å²) >= 11 is 0. The Labute approximate surface area is 244 Å². The first-order chi connectivity index (χ1) is 19.6. The molecule has 1 aliphatic carbocycles. The molecule has 2 aromatic carbocycles. The summed E-state index contributed by atoms with van der Waals surface area (Å²) in [6, 6.07) is 16.0. The van der Waals surface area contributed by atoms with Crippen molar-refractivity contribution < 1.29 is 19.5 Å². The molecule has 7 nitrogen and oxygen atoms in total. The summed E-state index contributed by atoms with van der Waals surface area (Å²) in [5.74, 6) is -0.377. The van der Waals surface area contributed by atoms with Gasteiger partial charge in [-0.1, -0.05) is 68.8 Å². The largest absolute Gasteiger partial charge is 0.481 e. The highest BCUT2D eigenvalue weighted by Gasteiger charge is 2.47. The molecule has 5 rings (SSSR count). The minimum atomic E-state index is -0.790. The first-order valence-corrected chi connectivity index (χ1v) is 15.2. The molecule has 1 saturated carbocycles. The lowest BCUT2D eigenvalue weighted by atomic mass is 9.72. The Bertz CT molecular complexity index is 1240. The van der Waals surface area contributed by atoms with E-state index in [4.69, 9.17) is 0 Å². The number of rotatable bonds is 9. The van der Waals surface area contributed by atoms with Crippen LogP contribution < -0.4 is 5.32 Å². The van der Waals surface area contributed by atoms with Gasteiger partial charge in [-0.2, -0.15) is 0 Å². The van der Waals surface area contributed by atoms with Crippen LogP contribution in [0.2, 0.25) is 0 Å². The van der Waals surface area contributed by atoms with E-state index in [9.17, 15) is 19.5 Å². The number of fused-ring (bicyclic) bond motifs is 1. The van der Waals surface area contributed by atoms with E-state index in [-0.39, 0.29) is 23.8 Å². The quantitative estimate of drug-likeness (QED) is 0.447. The zero-order valence-electron chi connectivity index (χ0n) is 24.9. The molecule has 2 saturated heterocycles. The van der Waals surface area contributed by atoms with Gasteiger partial charge in [0.2, 0.25) is 5.91 Å². The number of nitrogens with one attached hydrogen (secondary N) is 1. The van der Waals surface area contributed by atoms with Crippen LogP contribution in [0.3, 0.4) is 0 Å². The highest BCUT2D eigenvalue weighted by atomic mass is 16.4. The zero-order valence-corrected chi connectivity index (χ0v) is 24.9. The number of nitrogens with zero attached hydrogens (tertiary/aromatic N) is 2. The van der Waals surface area contributed by atoms with E-state index in [1.54, 1.807) is 0 Å². The van der Waals surface area contributed by atoms with Crippen molar-refractivity contribution in [2.75, 3.05) is 32.7 Å². The van der Waals surface area contributed by atoms with Crippen LogP contribution in [0.4, 0.5) is 0 Å². The lowest BCUT2D eigenvalue weighted by Crippen LogP contribution is -2.46. The molecule has 3 unspecified atom stereocenters. The number of carboxylic acid groups (broad SMARTS) is 1. The van der Waals surface area contributed by atoms with E-state index in [2.05, 4.69) is 22.3 Å². The van der Waals surface area contributed by atoms with Crippen LogP contribution in [0.15, 0.2) is 48.5 Å². The van der Waals surface area contributed by atoms with Crippen LogP contribution in [-0.4, -0.2) is 65.4 Å². The smallest absolute Gasteiger partial charge is 0.306 e. The first-order valence-electron chi connectivity index (χ1n) is 15.2. The van der Waals surface area contributed by atoms with Gasteiger partial charge in [0, 0.05) is 43.7 Å². The number of likely N-dealkylation sites (tertiary alicyclic amines) is 2. The molecule has 0 radical (unpaired) electrons. The van der Waals surface area contributed by atoms with E-state index < -0.39 is 17.3 Å². The minimum absolute atomic E-state index is 0.0663. The van der Waals surface area contributed by atoms with Crippen molar-refractivity contribution in [1.82, 2.24) is 15.1 Å². The average molecular weight is 560 g/mol. The molecule has 0 spiro atoms. The Morgan fingerprint density at radius 1 is 0.927 bits per heavy atom.